The summed E-state index contributed by atoms with van der Waals surface area (Å²) >= 11 is 0. The van der Waals surface area contributed by atoms with Crippen LogP contribution >= 0.6 is 0 Å². The minimum Gasteiger partial charge on any atom is -0.342 e. The van der Waals surface area contributed by atoms with Crippen LogP contribution in [0.3, 0.4) is 0 Å². The molecule has 0 saturated carbocycles. The van der Waals surface area contributed by atoms with Crippen molar-refractivity contribution in [2.45, 2.75) is 32.7 Å². The van der Waals surface area contributed by atoms with Gasteiger partial charge in [0.25, 0.3) is 0 Å². The van der Waals surface area contributed by atoms with Crippen LogP contribution in [0.5, 0.6) is 0 Å². The Morgan fingerprint density at radius 1 is 0.870 bits per heavy atom. The first kappa shape index (κ1) is 16.5. The lowest BCUT2D eigenvalue weighted by Crippen LogP contribution is -2.50. The van der Waals surface area contributed by atoms with Crippen LogP contribution in [0.1, 0.15) is 30.4 Å². The fourth-order valence-corrected chi connectivity index (χ4v) is 3.49. The van der Waals surface area contributed by atoms with Gasteiger partial charge in [-0.1, -0.05) is 29.8 Å². The zero-order valence-corrected chi connectivity index (χ0v) is 14.3. The second kappa shape index (κ2) is 7.93. The Kier molecular flexibility index (Phi) is 5.68. The normalized spacial score (nSPS) is 20.7. The van der Waals surface area contributed by atoms with Crippen LogP contribution < -0.4 is 0 Å². The van der Waals surface area contributed by atoms with E-state index in [-0.39, 0.29) is 0 Å². The van der Waals surface area contributed by atoms with Gasteiger partial charge in [0, 0.05) is 45.8 Å². The summed E-state index contributed by atoms with van der Waals surface area (Å²) in [6.07, 6.45) is 3.63. The quantitative estimate of drug-likeness (QED) is 0.851. The van der Waals surface area contributed by atoms with Crippen LogP contribution in [0.25, 0.3) is 0 Å². The van der Waals surface area contributed by atoms with Gasteiger partial charge in [-0.15, -0.1) is 0 Å². The Labute approximate surface area is 140 Å². The second-order valence-corrected chi connectivity index (χ2v) is 6.98. The van der Waals surface area contributed by atoms with E-state index in [1.54, 1.807) is 0 Å². The van der Waals surface area contributed by atoms with Crippen LogP contribution in [-0.4, -0.2) is 66.4 Å². The Balaban J connectivity index is 1.41. The molecule has 2 fully saturated rings. The van der Waals surface area contributed by atoms with Crippen molar-refractivity contribution in [3.05, 3.63) is 35.4 Å². The molecule has 1 aromatic rings. The standard InChI is InChI=1S/C19H29N3O/c1-17-5-7-18(8-6-17)15-20-11-13-21(14-12-20)16-19(23)22-9-3-2-4-10-22/h5-8H,2-4,9-16H2,1H3. The van der Waals surface area contributed by atoms with Crippen molar-refractivity contribution in [3.8, 4) is 0 Å². The lowest BCUT2D eigenvalue weighted by Gasteiger charge is -2.36. The molecule has 23 heavy (non-hydrogen) atoms. The molecule has 2 aliphatic rings. The maximum Gasteiger partial charge on any atom is 0.236 e. The van der Waals surface area contributed by atoms with Gasteiger partial charge in [-0.05, 0) is 31.7 Å². The van der Waals surface area contributed by atoms with E-state index >= 15 is 0 Å². The predicted octanol–water partition coefficient (Wildman–Crippen LogP) is 2.13. The third-order valence-corrected chi connectivity index (χ3v) is 5.06. The number of hydrogen-bond donors (Lipinski definition) is 0. The van der Waals surface area contributed by atoms with Crippen molar-refractivity contribution in [2.75, 3.05) is 45.8 Å². The second-order valence-electron chi connectivity index (χ2n) is 6.98. The molecule has 0 atom stereocenters. The minimum absolute atomic E-state index is 0.330. The summed E-state index contributed by atoms with van der Waals surface area (Å²) in [5.74, 6) is 0.330. The SMILES string of the molecule is Cc1ccc(CN2CCN(CC(=O)N3CCCCC3)CC2)cc1. The van der Waals surface area contributed by atoms with E-state index < -0.39 is 0 Å². The molecule has 0 aliphatic carbocycles. The van der Waals surface area contributed by atoms with Crippen molar-refractivity contribution in [1.82, 2.24) is 14.7 Å². The highest BCUT2D eigenvalue weighted by Gasteiger charge is 2.22. The molecule has 2 heterocycles. The Morgan fingerprint density at radius 3 is 2.13 bits per heavy atom. The number of hydrogen-bond acceptors (Lipinski definition) is 3. The third kappa shape index (κ3) is 4.79. The van der Waals surface area contributed by atoms with Crippen molar-refractivity contribution < 1.29 is 4.79 Å². The lowest BCUT2D eigenvalue weighted by atomic mass is 10.1. The average Bonchev–Trinajstić information content (AvgIpc) is 2.59. The Morgan fingerprint density at radius 2 is 1.48 bits per heavy atom. The van der Waals surface area contributed by atoms with E-state index in [4.69, 9.17) is 0 Å². The molecular formula is C19H29N3O. The zero-order valence-electron chi connectivity index (χ0n) is 14.3. The van der Waals surface area contributed by atoms with Crippen LogP contribution in [-0.2, 0) is 11.3 Å². The zero-order chi connectivity index (χ0) is 16.1. The summed E-state index contributed by atoms with van der Waals surface area (Å²) in [5.41, 5.74) is 2.70. The van der Waals surface area contributed by atoms with Crippen molar-refractivity contribution in [1.29, 1.82) is 0 Å². The smallest absolute Gasteiger partial charge is 0.236 e. The largest absolute Gasteiger partial charge is 0.342 e. The van der Waals surface area contributed by atoms with E-state index in [0.29, 0.717) is 12.5 Å². The Hall–Kier alpha value is -1.39. The number of likely N-dealkylation sites (tertiary alicyclic amines) is 1. The number of amides is 1. The molecule has 1 amide bonds. The number of aryl methyl sites for hydroxylation is 1. The molecule has 1 aromatic carbocycles. The number of carbonyl (C=O) groups excluding carboxylic acids is 1. The van der Waals surface area contributed by atoms with Gasteiger partial charge in [0.2, 0.25) is 5.91 Å². The van der Waals surface area contributed by atoms with Crippen molar-refractivity contribution >= 4 is 5.91 Å². The van der Waals surface area contributed by atoms with Gasteiger partial charge in [-0.2, -0.15) is 0 Å². The van der Waals surface area contributed by atoms with Crippen molar-refractivity contribution in [3.63, 3.8) is 0 Å². The maximum absolute atomic E-state index is 12.3. The maximum atomic E-state index is 12.3. The van der Waals surface area contributed by atoms with Gasteiger partial charge in [-0.25, -0.2) is 0 Å². The molecule has 0 aromatic heterocycles. The number of benzene rings is 1. The molecule has 126 valence electrons. The van der Waals surface area contributed by atoms with E-state index in [2.05, 4.69) is 45.9 Å². The van der Waals surface area contributed by atoms with Crippen LogP contribution in [0, 0.1) is 6.92 Å². The van der Waals surface area contributed by atoms with Gasteiger partial charge >= 0.3 is 0 Å². The average molecular weight is 315 g/mol. The number of carbonyl (C=O) groups is 1. The number of rotatable bonds is 4. The molecule has 2 aliphatic heterocycles. The number of piperazine rings is 1. The van der Waals surface area contributed by atoms with Gasteiger partial charge in [0.15, 0.2) is 0 Å². The molecule has 2 saturated heterocycles. The number of nitrogens with zero attached hydrogens (tertiary/aromatic N) is 3. The van der Waals surface area contributed by atoms with Gasteiger partial charge in [-0.3, -0.25) is 14.6 Å². The summed E-state index contributed by atoms with van der Waals surface area (Å²) in [6.45, 7) is 9.81. The lowest BCUT2D eigenvalue weighted by molar-refractivity contribution is -0.133. The summed E-state index contributed by atoms with van der Waals surface area (Å²) in [7, 11) is 0. The fourth-order valence-electron chi connectivity index (χ4n) is 3.49. The third-order valence-electron chi connectivity index (χ3n) is 5.06. The summed E-state index contributed by atoms with van der Waals surface area (Å²) in [6, 6.07) is 8.81. The van der Waals surface area contributed by atoms with Crippen LogP contribution in [0.2, 0.25) is 0 Å². The molecule has 0 bridgehead atoms. The monoisotopic (exact) mass is 315 g/mol. The van der Waals surface area contributed by atoms with E-state index in [0.717, 1.165) is 45.8 Å². The first-order valence-electron chi connectivity index (χ1n) is 8.99. The molecule has 0 N–H and O–H groups in total. The first-order chi connectivity index (χ1) is 11.2. The molecule has 0 unspecified atom stereocenters. The molecule has 0 radical (unpaired) electrons. The van der Waals surface area contributed by atoms with Crippen LogP contribution in [0.4, 0.5) is 0 Å². The fraction of sp³-hybridized carbons (Fsp3) is 0.632. The topological polar surface area (TPSA) is 26.8 Å². The molecule has 3 rings (SSSR count). The van der Waals surface area contributed by atoms with Gasteiger partial charge in [0.1, 0.15) is 0 Å². The summed E-state index contributed by atoms with van der Waals surface area (Å²) in [4.78, 5) is 19.2. The van der Waals surface area contributed by atoms with Crippen LogP contribution in [0.15, 0.2) is 24.3 Å². The van der Waals surface area contributed by atoms with Crippen molar-refractivity contribution in [2.24, 2.45) is 0 Å². The highest BCUT2D eigenvalue weighted by atomic mass is 16.2. The minimum atomic E-state index is 0.330. The molecule has 4 nitrogen and oxygen atoms in total. The predicted molar refractivity (Wildman–Crippen MR) is 93.3 cm³/mol. The summed E-state index contributed by atoms with van der Waals surface area (Å²) < 4.78 is 0. The highest BCUT2D eigenvalue weighted by molar-refractivity contribution is 5.78. The highest BCUT2D eigenvalue weighted by Crippen LogP contribution is 2.12. The Bertz CT molecular complexity index is 500. The molecular weight excluding hydrogens is 286 g/mol. The van der Waals surface area contributed by atoms with E-state index in [9.17, 15) is 4.79 Å². The van der Waals surface area contributed by atoms with E-state index in [1.807, 2.05) is 0 Å². The number of piperidine rings is 1. The van der Waals surface area contributed by atoms with E-state index in [1.165, 1.54) is 30.4 Å². The molecule has 4 heteroatoms. The first-order valence-corrected chi connectivity index (χ1v) is 8.99. The van der Waals surface area contributed by atoms with Gasteiger partial charge in [0.05, 0.1) is 6.54 Å². The summed E-state index contributed by atoms with van der Waals surface area (Å²) in [5, 5.41) is 0. The van der Waals surface area contributed by atoms with Gasteiger partial charge < -0.3 is 4.90 Å². The molecule has 0 spiro atoms.